The molecule has 39 heavy (non-hydrogen) atoms. The van der Waals surface area contributed by atoms with E-state index in [1.807, 2.05) is 18.2 Å². The van der Waals surface area contributed by atoms with Crippen molar-refractivity contribution in [1.82, 2.24) is 19.9 Å². The molecule has 1 N–H and O–H groups in total. The van der Waals surface area contributed by atoms with Gasteiger partial charge in [0.2, 0.25) is 5.95 Å². The lowest BCUT2D eigenvalue weighted by atomic mass is 10.1. The number of anilines is 3. The highest BCUT2D eigenvalue weighted by atomic mass is 19.1. The number of aromatic nitrogens is 3. The van der Waals surface area contributed by atoms with E-state index in [1.54, 1.807) is 24.5 Å². The van der Waals surface area contributed by atoms with Gasteiger partial charge in [-0.2, -0.15) is 0 Å². The molecule has 2 aliphatic heterocycles. The summed E-state index contributed by atoms with van der Waals surface area (Å²) in [4.78, 5) is 18.3. The number of ether oxygens (including phenoxy) is 3. The Morgan fingerprint density at radius 2 is 1.67 bits per heavy atom. The lowest BCUT2D eigenvalue weighted by Gasteiger charge is -2.28. The van der Waals surface area contributed by atoms with Crippen molar-refractivity contribution in [1.29, 1.82) is 0 Å². The van der Waals surface area contributed by atoms with Gasteiger partial charge in [0.15, 0.2) is 0 Å². The lowest BCUT2D eigenvalue weighted by molar-refractivity contribution is 0.0322. The van der Waals surface area contributed by atoms with Gasteiger partial charge in [-0.15, -0.1) is 0 Å². The quantitative estimate of drug-likeness (QED) is 0.362. The molecule has 0 radical (unpaired) electrons. The number of rotatable bonds is 8. The first-order chi connectivity index (χ1) is 19.2. The van der Waals surface area contributed by atoms with Crippen LogP contribution in [0.15, 0.2) is 60.9 Å². The topological polar surface area (TPSA) is 84.9 Å². The summed E-state index contributed by atoms with van der Waals surface area (Å²) in [5.41, 5.74) is 3.35. The number of hydrogen-bond acceptors (Lipinski definition) is 9. The second-order valence-corrected chi connectivity index (χ2v) is 9.51. The van der Waals surface area contributed by atoms with Crippen LogP contribution in [0.5, 0.6) is 5.75 Å². The van der Waals surface area contributed by atoms with Gasteiger partial charge in [-0.05, 0) is 48.5 Å². The van der Waals surface area contributed by atoms with Crippen molar-refractivity contribution in [3.63, 3.8) is 0 Å². The van der Waals surface area contributed by atoms with Crippen molar-refractivity contribution in [2.45, 2.75) is 0 Å². The standard InChI is InChI=1S/C29H31FN6O3/c30-26-6-5-24(39-18-11-35-9-14-37-15-10-35)19-25(26)28-27-21(7-8-31-28)20-32-29(34-27)33-22-1-3-23(4-2-22)36-12-16-38-17-13-36/h1-8,19-20H,9-18H2,(H,32,33,34). The summed E-state index contributed by atoms with van der Waals surface area (Å²) in [6.07, 6.45) is 3.36. The summed E-state index contributed by atoms with van der Waals surface area (Å²) < 4.78 is 31.8. The van der Waals surface area contributed by atoms with Gasteiger partial charge in [0.1, 0.15) is 23.7 Å². The first-order valence-electron chi connectivity index (χ1n) is 13.3. The van der Waals surface area contributed by atoms with E-state index < -0.39 is 0 Å². The maximum absolute atomic E-state index is 15.0. The summed E-state index contributed by atoms with van der Waals surface area (Å²) in [5.74, 6) is 0.614. The fourth-order valence-corrected chi connectivity index (χ4v) is 4.81. The summed E-state index contributed by atoms with van der Waals surface area (Å²) in [6.45, 7) is 7.82. The van der Waals surface area contributed by atoms with Crippen LogP contribution < -0.4 is 15.0 Å². The van der Waals surface area contributed by atoms with E-state index in [-0.39, 0.29) is 5.82 Å². The number of nitrogens with zero attached hydrogens (tertiary/aromatic N) is 5. The number of halogens is 1. The molecule has 0 saturated carbocycles. The Hall–Kier alpha value is -3.86. The Kier molecular flexibility index (Phi) is 7.75. The van der Waals surface area contributed by atoms with Crippen molar-refractivity contribution >= 4 is 28.2 Å². The molecule has 2 fully saturated rings. The molecule has 6 rings (SSSR count). The van der Waals surface area contributed by atoms with Gasteiger partial charge >= 0.3 is 0 Å². The molecule has 10 heteroatoms. The zero-order valence-electron chi connectivity index (χ0n) is 21.7. The SMILES string of the molecule is Fc1ccc(OCCN2CCOCC2)cc1-c1nccc2cnc(Nc3ccc(N4CCOCC4)cc3)nc12. The van der Waals surface area contributed by atoms with Crippen molar-refractivity contribution < 1.29 is 18.6 Å². The maximum Gasteiger partial charge on any atom is 0.227 e. The van der Waals surface area contributed by atoms with E-state index in [1.165, 1.54) is 6.07 Å². The largest absolute Gasteiger partial charge is 0.492 e. The average molecular weight is 531 g/mol. The minimum atomic E-state index is -0.387. The van der Waals surface area contributed by atoms with Crippen LogP contribution in [-0.4, -0.2) is 85.6 Å². The minimum absolute atomic E-state index is 0.337. The fourth-order valence-electron chi connectivity index (χ4n) is 4.81. The average Bonchev–Trinajstić information content (AvgIpc) is 2.99. The zero-order chi connectivity index (χ0) is 26.4. The Balaban J connectivity index is 1.20. The van der Waals surface area contributed by atoms with E-state index >= 15 is 4.39 Å². The van der Waals surface area contributed by atoms with Gasteiger partial charge in [-0.3, -0.25) is 9.88 Å². The van der Waals surface area contributed by atoms with Gasteiger partial charge in [-0.25, -0.2) is 14.4 Å². The van der Waals surface area contributed by atoms with E-state index in [9.17, 15) is 0 Å². The number of morpholine rings is 2. The minimum Gasteiger partial charge on any atom is -0.492 e. The predicted octanol–water partition coefficient (Wildman–Crippen LogP) is 4.12. The highest BCUT2D eigenvalue weighted by molar-refractivity contribution is 5.91. The van der Waals surface area contributed by atoms with Gasteiger partial charge in [-0.1, -0.05) is 0 Å². The maximum atomic E-state index is 15.0. The number of fused-ring (bicyclic) bond motifs is 1. The number of benzene rings is 2. The van der Waals surface area contributed by atoms with Crippen LogP contribution in [-0.2, 0) is 9.47 Å². The van der Waals surface area contributed by atoms with Crippen LogP contribution in [0.1, 0.15) is 0 Å². The molecule has 202 valence electrons. The van der Waals surface area contributed by atoms with Crippen molar-refractivity contribution in [3.05, 3.63) is 66.7 Å². The molecule has 0 unspecified atom stereocenters. The first kappa shape index (κ1) is 25.4. The second kappa shape index (κ2) is 11.9. The molecular formula is C29H31FN6O3. The molecular weight excluding hydrogens is 499 g/mol. The summed E-state index contributed by atoms with van der Waals surface area (Å²) in [5, 5.41) is 4.03. The Labute approximate surface area is 226 Å². The van der Waals surface area contributed by atoms with Gasteiger partial charge < -0.3 is 24.4 Å². The van der Waals surface area contributed by atoms with E-state index in [2.05, 4.69) is 37.2 Å². The number of hydrogen-bond donors (Lipinski definition) is 1. The molecule has 9 nitrogen and oxygen atoms in total. The molecule has 0 bridgehead atoms. The smallest absolute Gasteiger partial charge is 0.227 e. The molecule has 0 spiro atoms. The normalized spacial score (nSPS) is 16.4. The van der Waals surface area contributed by atoms with Crippen molar-refractivity contribution in [2.24, 2.45) is 0 Å². The number of pyridine rings is 1. The first-order valence-corrected chi connectivity index (χ1v) is 13.3. The van der Waals surface area contributed by atoms with Crippen molar-refractivity contribution in [2.75, 3.05) is 76.0 Å². The van der Waals surface area contributed by atoms with E-state index in [4.69, 9.17) is 19.2 Å². The lowest BCUT2D eigenvalue weighted by Crippen LogP contribution is -2.38. The summed E-state index contributed by atoms with van der Waals surface area (Å²) in [6, 6.07) is 14.7. The third-order valence-electron chi connectivity index (χ3n) is 6.97. The molecule has 2 saturated heterocycles. The van der Waals surface area contributed by atoms with Crippen LogP contribution in [0.3, 0.4) is 0 Å². The summed E-state index contributed by atoms with van der Waals surface area (Å²) in [7, 11) is 0. The van der Waals surface area contributed by atoms with Crippen LogP contribution in [0.4, 0.5) is 21.7 Å². The molecule has 0 atom stereocenters. The Bertz CT molecular complexity index is 1410. The Morgan fingerprint density at radius 1 is 0.897 bits per heavy atom. The molecule has 4 heterocycles. The predicted molar refractivity (Wildman–Crippen MR) is 148 cm³/mol. The van der Waals surface area contributed by atoms with Crippen molar-refractivity contribution in [3.8, 4) is 17.0 Å². The number of nitrogens with one attached hydrogen (secondary N) is 1. The molecule has 2 aromatic carbocycles. The molecule has 4 aromatic rings. The van der Waals surface area contributed by atoms with E-state index in [0.29, 0.717) is 35.1 Å². The molecule has 2 aromatic heterocycles. The molecule has 2 aliphatic rings. The highest BCUT2D eigenvalue weighted by Gasteiger charge is 2.16. The Morgan fingerprint density at radius 3 is 2.46 bits per heavy atom. The van der Waals surface area contributed by atoms with Crippen LogP contribution >= 0.6 is 0 Å². The third-order valence-corrected chi connectivity index (χ3v) is 6.97. The van der Waals surface area contributed by atoms with Crippen LogP contribution in [0, 0.1) is 5.82 Å². The second-order valence-electron chi connectivity index (χ2n) is 9.51. The van der Waals surface area contributed by atoms with Crippen LogP contribution in [0.2, 0.25) is 0 Å². The van der Waals surface area contributed by atoms with Crippen LogP contribution in [0.25, 0.3) is 22.2 Å². The van der Waals surface area contributed by atoms with Gasteiger partial charge in [0, 0.05) is 67.4 Å². The summed E-state index contributed by atoms with van der Waals surface area (Å²) >= 11 is 0. The molecule has 0 aliphatic carbocycles. The monoisotopic (exact) mass is 530 g/mol. The van der Waals surface area contributed by atoms with Gasteiger partial charge in [0.25, 0.3) is 0 Å². The van der Waals surface area contributed by atoms with Gasteiger partial charge in [0.05, 0.1) is 32.1 Å². The van der Waals surface area contributed by atoms with E-state index in [0.717, 1.165) is 75.9 Å². The highest BCUT2D eigenvalue weighted by Crippen LogP contribution is 2.31. The fraction of sp³-hybridized carbons (Fsp3) is 0.345. The molecule has 0 amide bonds. The third kappa shape index (κ3) is 6.08. The zero-order valence-corrected chi connectivity index (χ0v) is 21.7.